The average molecular weight is 409 g/mol. The highest BCUT2D eigenvalue weighted by Crippen LogP contribution is 2.37. The Morgan fingerprint density at radius 1 is 1.07 bits per heavy atom. The van der Waals surface area contributed by atoms with E-state index in [1.54, 1.807) is 31.1 Å². The van der Waals surface area contributed by atoms with Crippen molar-refractivity contribution in [2.24, 2.45) is 0 Å². The average Bonchev–Trinajstić information content (AvgIpc) is 3.18. The Balaban J connectivity index is 1.79. The maximum atomic E-state index is 13.1. The van der Waals surface area contributed by atoms with Crippen LogP contribution in [0.1, 0.15) is 32.5 Å². The van der Waals surface area contributed by atoms with Crippen LogP contribution >= 0.6 is 11.3 Å². The first-order chi connectivity index (χ1) is 14.0. The van der Waals surface area contributed by atoms with Crippen LogP contribution < -0.4 is 10.1 Å². The van der Waals surface area contributed by atoms with Crippen molar-refractivity contribution < 1.29 is 14.3 Å². The van der Waals surface area contributed by atoms with Gasteiger partial charge in [0.1, 0.15) is 10.6 Å². The van der Waals surface area contributed by atoms with Gasteiger partial charge < -0.3 is 15.0 Å². The van der Waals surface area contributed by atoms with Gasteiger partial charge in [0.25, 0.3) is 11.8 Å². The van der Waals surface area contributed by atoms with Crippen molar-refractivity contribution in [2.75, 3.05) is 20.7 Å². The molecule has 2 amide bonds. The minimum Gasteiger partial charge on any atom is -0.492 e. The second-order valence-corrected chi connectivity index (χ2v) is 7.59. The van der Waals surface area contributed by atoms with Gasteiger partial charge >= 0.3 is 0 Å². The summed E-state index contributed by atoms with van der Waals surface area (Å²) >= 11 is 1.44. The smallest absolute Gasteiger partial charge is 0.267 e. The van der Waals surface area contributed by atoms with Crippen molar-refractivity contribution in [1.29, 1.82) is 0 Å². The van der Waals surface area contributed by atoms with Crippen molar-refractivity contribution in [3.63, 3.8) is 0 Å². The van der Waals surface area contributed by atoms with Crippen LogP contribution in [0.15, 0.2) is 60.7 Å². The molecule has 0 saturated carbocycles. The van der Waals surface area contributed by atoms with Crippen LogP contribution in [0.25, 0.3) is 10.4 Å². The topological polar surface area (TPSA) is 58.6 Å². The molecule has 0 saturated heterocycles. The molecule has 0 bridgehead atoms. The number of benzene rings is 2. The molecule has 29 heavy (non-hydrogen) atoms. The summed E-state index contributed by atoms with van der Waals surface area (Å²) in [4.78, 5) is 28.0. The van der Waals surface area contributed by atoms with Gasteiger partial charge in [-0.1, -0.05) is 42.5 Å². The predicted molar refractivity (Wildman–Crippen MR) is 117 cm³/mol. The number of hydrogen-bond acceptors (Lipinski definition) is 4. The maximum absolute atomic E-state index is 13.1. The molecule has 0 fully saturated rings. The summed E-state index contributed by atoms with van der Waals surface area (Å²) in [5.41, 5.74) is 2.60. The first-order valence-corrected chi connectivity index (χ1v) is 10.2. The van der Waals surface area contributed by atoms with Crippen LogP contribution in [-0.2, 0) is 6.54 Å². The summed E-state index contributed by atoms with van der Waals surface area (Å²) in [6.45, 7) is 2.85. The Morgan fingerprint density at radius 3 is 2.38 bits per heavy atom. The molecular weight excluding hydrogens is 384 g/mol. The molecular formula is C23H24N2O3S. The quantitative estimate of drug-likeness (QED) is 0.629. The number of rotatable bonds is 7. The van der Waals surface area contributed by atoms with E-state index in [1.165, 1.54) is 11.3 Å². The fourth-order valence-electron chi connectivity index (χ4n) is 2.96. The molecule has 1 aromatic heterocycles. The van der Waals surface area contributed by atoms with Crippen molar-refractivity contribution >= 4 is 23.2 Å². The lowest BCUT2D eigenvalue weighted by molar-refractivity contribution is 0.0785. The molecule has 2 aromatic carbocycles. The third-order valence-corrected chi connectivity index (χ3v) is 5.61. The lowest BCUT2D eigenvalue weighted by atomic mass is 10.1. The zero-order valence-electron chi connectivity index (χ0n) is 16.8. The number of nitrogens with zero attached hydrogens (tertiary/aromatic N) is 1. The number of carbonyl (C=O) groups excluding carboxylic acids is 2. The summed E-state index contributed by atoms with van der Waals surface area (Å²) in [5.74, 6) is 0.397. The Hall–Kier alpha value is -3.12. The van der Waals surface area contributed by atoms with E-state index in [-0.39, 0.29) is 11.8 Å². The molecule has 0 radical (unpaired) electrons. The zero-order valence-corrected chi connectivity index (χ0v) is 17.6. The van der Waals surface area contributed by atoms with E-state index in [0.717, 1.165) is 16.0 Å². The fraction of sp³-hybridized carbons (Fsp3) is 0.217. The molecule has 0 aliphatic rings. The van der Waals surface area contributed by atoms with Gasteiger partial charge in [0.15, 0.2) is 0 Å². The Morgan fingerprint density at radius 2 is 1.76 bits per heavy atom. The van der Waals surface area contributed by atoms with Crippen molar-refractivity contribution in [1.82, 2.24) is 10.2 Å². The van der Waals surface area contributed by atoms with E-state index in [0.29, 0.717) is 29.3 Å². The molecule has 0 aliphatic heterocycles. The van der Waals surface area contributed by atoms with Gasteiger partial charge in [-0.25, -0.2) is 0 Å². The summed E-state index contributed by atoms with van der Waals surface area (Å²) in [6, 6.07) is 19.1. The first-order valence-electron chi connectivity index (χ1n) is 9.42. The van der Waals surface area contributed by atoms with Gasteiger partial charge in [-0.2, -0.15) is 0 Å². The van der Waals surface area contributed by atoms with Crippen molar-refractivity contribution in [3.05, 3.63) is 76.7 Å². The van der Waals surface area contributed by atoms with E-state index in [4.69, 9.17) is 4.74 Å². The van der Waals surface area contributed by atoms with Crippen LogP contribution in [0, 0.1) is 0 Å². The maximum Gasteiger partial charge on any atom is 0.267 e. The number of ether oxygens (including phenoxy) is 1. The summed E-state index contributed by atoms with van der Waals surface area (Å²) in [6.07, 6.45) is 0. The summed E-state index contributed by atoms with van der Waals surface area (Å²) in [5, 5.41) is 2.60. The van der Waals surface area contributed by atoms with Gasteiger partial charge in [0.2, 0.25) is 0 Å². The first kappa shape index (κ1) is 20.6. The van der Waals surface area contributed by atoms with Crippen LogP contribution in [0.3, 0.4) is 0 Å². The minimum absolute atomic E-state index is 0.0870. The largest absolute Gasteiger partial charge is 0.492 e. The Labute approximate surface area is 174 Å². The van der Waals surface area contributed by atoms with Gasteiger partial charge in [-0.15, -0.1) is 11.3 Å². The molecule has 150 valence electrons. The van der Waals surface area contributed by atoms with E-state index in [1.807, 2.05) is 55.5 Å². The van der Waals surface area contributed by atoms with Crippen molar-refractivity contribution in [3.8, 4) is 16.2 Å². The van der Waals surface area contributed by atoms with Gasteiger partial charge in [0, 0.05) is 31.1 Å². The third kappa shape index (κ3) is 4.84. The van der Waals surface area contributed by atoms with E-state index in [2.05, 4.69) is 5.32 Å². The molecule has 6 heteroatoms. The molecule has 1 heterocycles. The highest BCUT2D eigenvalue weighted by atomic mass is 32.1. The van der Waals surface area contributed by atoms with Crippen molar-refractivity contribution in [2.45, 2.75) is 13.5 Å². The van der Waals surface area contributed by atoms with Crippen LogP contribution in [-0.4, -0.2) is 37.4 Å². The highest BCUT2D eigenvalue weighted by molar-refractivity contribution is 7.17. The Bertz CT molecular complexity index is 981. The monoisotopic (exact) mass is 408 g/mol. The molecule has 0 atom stereocenters. The van der Waals surface area contributed by atoms with Crippen LogP contribution in [0.4, 0.5) is 0 Å². The number of hydrogen-bond donors (Lipinski definition) is 1. The van der Waals surface area contributed by atoms with Gasteiger partial charge in [0.05, 0.1) is 6.61 Å². The zero-order chi connectivity index (χ0) is 20.8. The normalized spacial score (nSPS) is 10.4. The molecule has 0 spiro atoms. The number of amides is 2. The summed E-state index contributed by atoms with van der Waals surface area (Å²) < 4.78 is 5.73. The molecule has 3 rings (SSSR count). The second-order valence-electron chi connectivity index (χ2n) is 6.54. The number of thiophene rings is 1. The predicted octanol–water partition coefficient (Wildman–Crippen LogP) is 4.45. The second kappa shape index (κ2) is 9.39. The minimum atomic E-state index is -0.130. The van der Waals surface area contributed by atoms with Gasteiger partial charge in [-0.05, 0) is 36.2 Å². The SMILES string of the molecule is CCOc1cc(-c2ccccc2)sc1C(=O)N(C)Cc1ccc(C(=O)NC)cc1. The summed E-state index contributed by atoms with van der Waals surface area (Å²) in [7, 11) is 3.37. The highest BCUT2D eigenvalue weighted by Gasteiger charge is 2.21. The molecule has 3 aromatic rings. The van der Waals surface area contributed by atoms with E-state index in [9.17, 15) is 9.59 Å². The molecule has 1 N–H and O–H groups in total. The van der Waals surface area contributed by atoms with Crippen LogP contribution in [0.5, 0.6) is 5.75 Å². The number of nitrogens with one attached hydrogen (secondary N) is 1. The standard InChI is InChI=1S/C23H24N2O3S/c1-4-28-19-14-20(17-8-6-5-7-9-17)29-21(19)23(27)25(3)15-16-10-12-18(13-11-16)22(26)24-2/h5-14H,4,15H2,1-3H3,(H,24,26). The lowest BCUT2D eigenvalue weighted by Gasteiger charge is -2.17. The third-order valence-electron chi connectivity index (χ3n) is 4.46. The molecule has 0 aliphatic carbocycles. The van der Waals surface area contributed by atoms with E-state index < -0.39 is 0 Å². The fourth-order valence-corrected chi connectivity index (χ4v) is 4.06. The lowest BCUT2D eigenvalue weighted by Crippen LogP contribution is -2.26. The van der Waals surface area contributed by atoms with Crippen LogP contribution in [0.2, 0.25) is 0 Å². The Kier molecular flexibility index (Phi) is 6.67. The molecule has 0 unspecified atom stereocenters. The number of carbonyl (C=O) groups is 2. The molecule has 5 nitrogen and oxygen atoms in total. The van der Waals surface area contributed by atoms with E-state index >= 15 is 0 Å². The van der Waals surface area contributed by atoms with Gasteiger partial charge in [-0.3, -0.25) is 9.59 Å².